The summed E-state index contributed by atoms with van der Waals surface area (Å²) in [7, 11) is 6.27. The van der Waals surface area contributed by atoms with Crippen LogP contribution in [-0.2, 0) is 6.42 Å². The summed E-state index contributed by atoms with van der Waals surface area (Å²) in [4.78, 5) is 12.3. The molecule has 8 heteroatoms. The predicted molar refractivity (Wildman–Crippen MR) is 105 cm³/mol. The van der Waals surface area contributed by atoms with Crippen LogP contribution in [0.15, 0.2) is 30.3 Å². The molecule has 3 N–H and O–H groups in total. The van der Waals surface area contributed by atoms with E-state index in [-0.39, 0.29) is 35.5 Å². The third-order valence-corrected chi connectivity index (χ3v) is 3.97. The van der Waals surface area contributed by atoms with Crippen LogP contribution in [0.4, 0.5) is 5.69 Å². The van der Waals surface area contributed by atoms with Crippen molar-refractivity contribution in [1.82, 2.24) is 5.32 Å². The van der Waals surface area contributed by atoms with E-state index in [2.05, 4.69) is 5.32 Å². The molecule has 0 spiro atoms. The first-order valence-electron chi connectivity index (χ1n) is 8.04. The van der Waals surface area contributed by atoms with Crippen LogP contribution in [0.5, 0.6) is 23.0 Å². The van der Waals surface area contributed by atoms with Crippen LogP contribution in [0.2, 0.25) is 0 Å². The number of anilines is 1. The van der Waals surface area contributed by atoms with Crippen LogP contribution < -0.4 is 30.0 Å². The topological polar surface area (TPSA) is 92.0 Å². The molecule has 0 aliphatic carbocycles. The van der Waals surface area contributed by atoms with E-state index < -0.39 is 0 Å². The summed E-state index contributed by atoms with van der Waals surface area (Å²) in [5.41, 5.74) is 7.58. The molecule has 2 aromatic carbocycles. The third kappa shape index (κ3) is 5.69. The maximum atomic E-state index is 12.3. The number of hydrogen-bond acceptors (Lipinski definition) is 6. The normalized spacial score (nSPS) is 9.78. The number of methoxy groups -OCH3 is 4. The zero-order valence-electron chi connectivity index (χ0n) is 16.4. The Morgan fingerprint density at radius 3 is 2.00 bits per heavy atom. The number of carbonyl (C=O) groups excluding carboxylic acids is 1. The summed E-state index contributed by atoms with van der Waals surface area (Å²) in [6.45, 7) is 0.407. The fraction of sp³-hybridized carbons (Fsp3) is 0.316. The van der Waals surface area contributed by atoms with Gasteiger partial charge in [-0.2, -0.15) is 0 Å². The predicted octanol–water partition coefficient (Wildman–Crippen LogP) is 1.89. The van der Waals surface area contributed by atoms with Gasteiger partial charge in [0.1, 0.15) is 23.0 Å². The smallest absolute Gasteiger partial charge is 0.251 e. The number of rotatable bonds is 8. The summed E-state index contributed by atoms with van der Waals surface area (Å²) in [6.07, 6.45) is 0.535. The van der Waals surface area contributed by atoms with Gasteiger partial charge in [0, 0.05) is 59.4 Å². The van der Waals surface area contributed by atoms with Gasteiger partial charge in [0.15, 0.2) is 0 Å². The summed E-state index contributed by atoms with van der Waals surface area (Å²) < 4.78 is 21.1. The minimum Gasteiger partial charge on any atom is -0.496 e. The van der Waals surface area contributed by atoms with Gasteiger partial charge in [-0.15, -0.1) is 0 Å². The fourth-order valence-electron chi connectivity index (χ4n) is 2.60. The van der Waals surface area contributed by atoms with Crippen LogP contribution in [0.3, 0.4) is 0 Å². The van der Waals surface area contributed by atoms with Crippen molar-refractivity contribution in [2.75, 3.05) is 40.7 Å². The second kappa shape index (κ2) is 10.9. The summed E-state index contributed by atoms with van der Waals surface area (Å²) >= 11 is 0. The molecule has 0 saturated heterocycles. The summed E-state index contributed by atoms with van der Waals surface area (Å²) in [5, 5.41) is 2.87. The molecule has 27 heavy (non-hydrogen) atoms. The van der Waals surface area contributed by atoms with Crippen LogP contribution in [0.25, 0.3) is 0 Å². The van der Waals surface area contributed by atoms with Gasteiger partial charge in [0.05, 0.1) is 34.1 Å². The molecule has 0 aliphatic rings. The molecule has 141 valence electrons. The van der Waals surface area contributed by atoms with Crippen molar-refractivity contribution < 1.29 is 23.7 Å². The van der Waals surface area contributed by atoms with Gasteiger partial charge >= 0.3 is 0 Å². The summed E-state index contributed by atoms with van der Waals surface area (Å²) in [5.74, 6) is 2.24. The van der Waals surface area contributed by atoms with Gasteiger partial charge in [-0.3, -0.25) is 4.79 Å². The molecule has 0 heterocycles. The van der Waals surface area contributed by atoms with Crippen molar-refractivity contribution in [1.29, 1.82) is 0 Å². The van der Waals surface area contributed by atoms with Gasteiger partial charge in [-0.05, 0) is 24.6 Å². The third-order valence-electron chi connectivity index (χ3n) is 3.97. The Morgan fingerprint density at radius 2 is 1.52 bits per heavy atom. The monoisotopic (exact) mass is 383 g/mol. The van der Waals surface area contributed by atoms with Crippen molar-refractivity contribution in [2.45, 2.75) is 6.42 Å². The van der Waals surface area contributed by atoms with E-state index in [1.165, 1.54) is 7.11 Å². The van der Waals surface area contributed by atoms with Crippen molar-refractivity contribution in [3.63, 3.8) is 0 Å². The van der Waals surface area contributed by atoms with Crippen molar-refractivity contribution in [2.24, 2.45) is 0 Å². The Hall–Kier alpha value is -2.09. The standard InChI is InChI=1S/C19H24N2O5.Na/c1-23-13-10-17(25-3)14(18(11-13)26-4)7-8-21-19(22)12-5-6-16(24-2)15(20)9-12;/h5-6,9-11H,7-8,20H2,1-4H3,(H,21,22);. The second-order valence-electron chi connectivity index (χ2n) is 5.47. The molecule has 0 fully saturated rings. The average Bonchev–Trinajstić information content (AvgIpc) is 2.67. The molecular formula is C19H24N2NaO5. The van der Waals surface area contributed by atoms with E-state index in [1.54, 1.807) is 51.7 Å². The first-order valence-corrected chi connectivity index (χ1v) is 8.04. The minimum absolute atomic E-state index is 0. The molecule has 1 amide bonds. The van der Waals surface area contributed by atoms with Gasteiger partial charge in [0.25, 0.3) is 5.91 Å². The number of amides is 1. The van der Waals surface area contributed by atoms with Crippen LogP contribution >= 0.6 is 0 Å². The molecule has 0 bridgehead atoms. The van der Waals surface area contributed by atoms with Crippen molar-refractivity contribution in [3.05, 3.63) is 41.5 Å². The molecule has 2 rings (SSSR count). The van der Waals surface area contributed by atoms with Gasteiger partial charge in [0.2, 0.25) is 0 Å². The van der Waals surface area contributed by atoms with Crippen LogP contribution in [0.1, 0.15) is 15.9 Å². The Kier molecular flexibility index (Phi) is 9.28. The zero-order valence-corrected chi connectivity index (χ0v) is 18.4. The van der Waals surface area contributed by atoms with E-state index in [0.717, 1.165) is 5.56 Å². The molecule has 0 aromatic heterocycles. The average molecular weight is 383 g/mol. The number of benzene rings is 2. The van der Waals surface area contributed by atoms with Gasteiger partial charge in [-0.25, -0.2) is 0 Å². The van der Waals surface area contributed by atoms with Gasteiger partial charge in [-0.1, -0.05) is 0 Å². The minimum atomic E-state index is -0.217. The number of ether oxygens (including phenoxy) is 4. The summed E-state index contributed by atoms with van der Waals surface area (Å²) in [6, 6.07) is 8.48. The molecule has 0 atom stereocenters. The van der Waals surface area contributed by atoms with Crippen molar-refractivity contribution in [3.8, 4) is 23.0 Å². The Bertz CT molecular complexity index is 758. The number of nitrogens with one attached hydrogen (secondary N) is 1. The van der Waals surface area contributed by atoms with E-state index >= 15 is 0 Å². The maximum Gasteiger partial charge on any atom is 0.251 e. The van der Waals surface area contributed by atoms with E-state index in [0.29, 0.717) is 47.2 Å². The number of nitrogen functional groups attached to an aromatic ring is 1. The molecule has 7 nitrogen and oxygen atoms in total. The van der Waals surface area contributed by atoms with E-state index in [4.69, 9.17) is 24.7 Å². The molecule has 0 unspecified atom stereocenters. The maximum absolute atomic E-state index is 12.3. The molecular weight excluding hydrogens is 359 g/mol. The van der Waals surface area contributed by atoms with Crippen LogP contribution in [0, 0.1) is 0 Å². The number of carbonyl (C=O) groups is 1. The first-order chi connectivity index (χ1) is 12.5. The number of hydrogen-bond donors (Lipinski definition) is 2. The largest absolute Gasteiger partial charge is 0.496 e. The Morgan fingerprint density at radius 1 is 0.926 bits per heavy atom. The SMILES string of the molecule is COc1cc(OC)c(CCNC(=O)c2ccc(OC)c(N)c2)c(OC)c1.[Na]. The molecule has 2 aromatic rings. The van der Waals surface area contributed by atoms with E-state index in [9.17, 15) is 4.79 Å². The molecule has 0 aliphatic heterocycles. The Balaban J connectivity index is 0.00000364. The quantitative estimate of drug-likeness (QED) is 0.534. The van der Waals surface area contributed by atoms with Gasteiger partial charge < -0.3 is 30.0 Å². The first kappa shape index (κ1) is 23.0. The second-order valence-corrected chi connectivity index (χ2v) is 5.47. The number of nitrogens with two attached hydrogens (primary N) is 1. The van der Waals surface area contributed by atoms with E-state index in [1.807, 2.05) is 0 Å². The Labute approximate surface area is 181 Å². The molecule has 0 saturated carbocycles. The zero-order chi connectivity index (χ0) is 19.1. The fourth-order valence-corrected chi connectivity index (χ4v) is 2.60. The van der Waals surface area contributed by atoms with Crippen LogP contribution in [-0.4, -0.2) is 70.4 Å². The van der Waals surface area contributed by atoms with Crippen molar-refractivity contribution >= 4 is 41.2 Å². The molecule has 1 radical (unpaired) electrons.